The highest BCUT2D eigenvalue weighted by molar-refractivity contribution is 5.90. The van der Waals surface area contributed by atoms with Gasteiger partial charge >= 0.3 is 5.97 Å². The van der Waals surface area contributed by atoms with Crippen LogP contribution in [-0.2, 0) is 9.59 Å². The molecule has 0 radical (unpaired) electrons. The molecule has 1 saturated heterocycles. The van der Waals surface area contributed by atoms with Gasteiger partial charge in [0.2, 0.25) is 5.91 Å². The van der Waals surface area contributed by atoms with Crippen LogP contribution in [0.2, 0.25) is 0 Å². The number of aromatic amines is 1. The van der Waals surface area contributed by atoms with Gasteiger partial charge in [0, 0.05) is 55.4 Å². The Balaban J connectivity index is 1.76. The molecule has 0 unspecified atom stereocenters. The van der Waals surface area contributed by atoms with Gasteiger partial charge in [-0.25, -0.2) is 0 Å². The van der Waals surface area contributed by atoms with Crippen molar-refractivity contribution in [1.82, 2.24) is 20.1 Å². The summed E-state index contributed by atoms with van der Waals surface area (Å²) >= 11 is 0. The lowest BCUT2D eigenvalue weighted by molar-refractivity contribution is -0.144. The zero-order valence-corrected chi connectivity index (χ0v) is 15.7. The number of piperazine rings is 1. The molecule has 0 bridgehead atoms. The second-order valence-electron chi connectivity index (χ2n) is 6.66. The Morgan fingerprint density at radius 1 is 1.30 bits per heavy atom. The maximum atomic E-state index is 12.1. The zero-order valence-electron chi connectivity index (χ0n) is 15.7. The molecule has 1 aromatic carbocycles. The molecule has 0 saturated carbocycles. The number of ether oxygens (including phenoxy) is 1. The summed E-state index contributed by atoms with van der Waals surface area (Å²) in [6, 6.07) is 4.86. The van der Waals surface area contributed by atoms with Crippen molar-refractivity contribution in [2.75, 3.05) is 46.4 Å². The molecule has 0 aliphatic carbocycles. The summed E-state index contributed by atoms with van der Waals surface area (Å²) in [4.78, 5) is 31.0. The number of nitrogens with zero attached hydrogens (tertiary/aromatic N) is 2. The predicted molar refractivity (Wildman–Crippen MR) is 102 cm³/mol. The molecule has 2 aromatic rings. The van der Waals surface area contributed by atoms with Crippen LogP contribution in [0.1, 0.15) is 18.5 Å². The average Bonchev–Trinajstić information content (AvgIpc) is 3.06. The van der Waals surface area contributed by atoms with Crippen LogP contribution in [0.3, 0.4) is 0 Å². The van der Waals surface area contributed by atoms with Crippen LogP contribution in [0.5, 0.6) is 5.75 Å². The van der Waals surface area contributed by atoms with Crippen LogP contribution in [0.4, 0.5) is 0 Å². The number of likely N-dealkylation sites (N-methyl/N-ethyl adjacent to an activating group) is 1. The number of nitrogens with one attached hydrogen (secondary N) is 2. The van der Waals surface area contributed by atoms with E-state index in [1.165, 1.54) is 0 Å². The first-order chi connectivity index (χ1) is 13.0. The van der Waals surface area contributed by atoms with Crippen LogP contribution in [0, 0.1) is 0 Å². The van der Waals surface area contributed by atoms with Crippen molar-refractivity contribution in [3.63, 3.8) is 0 Å². The van der Waals surface area contributed by atoms with E-state index in [9.17, 15) is 14.7 Å². The van der Waals surface area contributed by atoms with Crippen molar-refractivity contribution in [2.24, 2.45) is 0 Å². The molecular weight excluding hydrogens is 348 g/mol. The third-order valence-electron chi connectivity index (χ3n) is 4.96. The van der Waals surface area contributed by atoms with Crippen molar-refractivity contribution >= 4 is 22.8 Å². The van der Waals surface area contributed by atoms with E-state index in [-0.39, 0.29) is 5.91 Å². The van der Waals surface area contributed by atoms with Gasteiger partial charge in [-0.1, -0.05) is 0 Å². The number of benzene rings is 1. The summed E-state index contributed by atoms with van der Waals surface area (Å²) in [5, 5.41) is 13.5. The first kappa shape index (κ1) is 19.2. The number of carbonyl (C=O) groups excluding carboxylic acids is 1. The van der Waals surface area contributed by atoms with Gasteiger partial charge in [-0.15, -0.1) is 0 Å². The first-order valence-corrected chi connectivity index (χ1v) is 9.14. The van der Waals surface area contributed by atoms with E-state index in [2.05, 4.69) is 15.2 Å². The number of rotatable bonds is 7. The number of fused-ring (bicyclic) bond motifs is 1. The molecule has 0 spiro atoms. The number of carboxylic acids is 1. The third kappa shape index (κ3) is 4.23. The molecule has 1 aliphatic heterocycles. The van der Waals surface area contributed by atoms with Gasteiger partial charge in [-0.3, -0.25) is 19.4 Å². The molecule has 8 heteroatoms. The molecule has 2 heterocycles. The second kappa shape index (κ2) is 8.41. The molecule has 3 rings (SSSR count). The van der Waals surface area contributed by atoms with Gasteiger partial charge in [0.05, 0.1) is 13.7 Å². The summed E-state index contributed by atoms with van der Waals surface area (Å²) in [6.07, 6.45) is 1.77. The molecule has 1 aromatic heterocycles. The lowest BCUT2D eigenvalue weighted by atomic mass is 10.0. The van der Waals surface area contributed by atoms with Gasteiger partial charge < -0.3 is 20.1 Å². The van der Waals surface area contributed by atoms with Crippen LogP contribution in [0.25, 0.3) is 10.9 Å². The Hall–Kier alpha value is -2.58. The smallest absolute Gasteiger partial charge is 0.325 e. The number of amides is 1. The minimum Gasteiger partial charge on any atom is -0.497 e. The molecule has 1 fully saturated rings. The molecule has 8 nitrogen and oxygen atoms in total. The number of hydrogen-bond acceptors (Lipinski definition) is 5. The Kier molecular flexibility index (Phi) is 5.98. The summed E-state index contributed by atoms with van der Waals surface area (Å²) in [5.41, 5.74) is 1.61. The van der Waals surface area contributed by atoms with E-state index in [1.807, 2.05) is 30.0 Å². The number of H-pyrrole nitrogens is 1. The lowest BCUT2D eigenvalue weighted by Gasteiger charge is -2.37. The standard InChI is InChI=1S/C19H26N4O4/c1-3-20-17(24)12-22-6-8-23(9-7-22)18(19(25)26)15-11-21-16-5-4-13(27-2)10-14(15)16/h4-5,10-11,18,21H,3,6-9,12H2,1-2H3,(H,20,24)(H,25,26)/t18-/m1/s1. The average molecular weight is 374 g/mol. The topological polar surface area (TPSA) is 97.9 Å². The fourth-order valence-corrected chi connectivity index (χ4v) is 3.60. The fourth-order valence-electron chi connectivity index (χ4n) is 3.60. The van der Waals surface area contributed by atoms with Crippen LogP contribution in [-0.4, -0.2) is 78.1 Å². The number of carboxylic acid groups (broad SMARTS) is 1. The molecule has 1 aliphatic rings. The van der Waals surface area contributed by atoms with Gasteiger partial charge in [-0.05, 0) is 25.1 Å². The van der Waals surface area contributed by atoms with E-state index in [1.54, 1.807) is 13.3 Å². The van der Waals surface area contributed by atoms with Crippen molar-refractivity contribution < 1.29 is 19.4 Å². The van der Waals surface area contributed by atoms with E-state index >= 15 is 0 Å². The van der Waals surface area contributed by atoms with E-state index in [0.29, 0.717) is 45.0 Å². The summed E-state index contributed by atoms with van der Waals surface area (Å²) in [7, 11) is 1.59. The molecule has 1 atom stereocenters. The Bertz CT molecular complexity index is 811. The minimum atomic E-state index is -0.879. The SMILES string of the molecule is CCNC(=O)CN1CCN([C@@H](C(=O)O)c2c[nH]c3ccc(OC)cc23)CC1. The van der Waals surface area contributed by atoms with Crippen molar-refractivity contribution in [3.8, 4) is 5.75 Å². The summed E-state index contributed by atoms with van der Waals surface area (Å²) < 4.78 is 5.28. The molecular formula is C19H26N4O4. The van der Waals surface area contributed by atoms with E-state index in [0.717, 1.165) is 16.5 Å². The zero-order chi connectivity index (χ0) is 19.4. The van der Waals surface area contributed by atoms with E-state index in [4.69, 9.17) is 4.74 Å². The number of carbonyl (C=O) groups is 2. The normalized spacial score (nSPS) is 17.0. The Morgan fingerprint density at radius 3 is 2.67 bits per heavy atom. The number of aliphatic carboxylic acids is 1. The number of aromatic nitrogens is 1. The predicted octanol–water partition coefficient (Wildman–Crippen LogP) is 1.06. The largest absolute Gasteiger partial charge is 0.497 e. The summed E-state index contributed by atoms with van der Waals surface area (Å²) in [5.74, 6) is -0.181. The van der Waals surface area contributed by atoms with Gasteiger partial charge in [0.25, 0.3) is 0 Å². The molecule has 146 valence electrons. The highest BCUT2D eigenvalue weighted by Crippen LogP contribution is 2.31. The maximum absolute atomic E-state index is 12.1. The van der Waals surface area contributed by atoms with Crippen molar-refractivity contribution in [1.29, 1.82) is 0 Å². The quantitative estimate of drug-likeness (QED) is 0.670. The Morgan fingerprint density at radius 2 is 2.04 bits per heavy atom. The first-order valence-electron chi connectivity index (χ1n) is 9.14. The van der Waals surface area contributed by atoms with Crippen LogP contribution >= 0.6 is 0 Å². The molecule has 27 heavy (non-hydrogen) atoms. The number of hydrogen-bond donors (Lipinski definition) is 3. The van der Waals surface area contributed by atoms with Gasteiger partial charge in [-0.2, -0.15) is 0 Å². The van der Waals surface area contributed by atoms with Gasteiger partial charge in [0.1, 0.15) is 11.8 Å². The van der Waals surface area contributed by atoms with Crippen molar-refractivity contribution in [2.45, 2.75) is 13.0 Å². The van der Waals surface area contributed by atoms with E-state index < -0.39 is 12.0 Å². The van der Waals surface area contributed by atoms with Crippen molar-refractivity contribution in [3.05, 3.63) is 30.0 Å². The molecule has 3 N–H and O–H groups in total. The highest BCUT2D eigenvalue weighted by Gasteiger charge is 2.32. The van der Waals surface area contributed by atoms with Crippen LogP contribution in [0.15, 0.2) is 24.4 Å². The second-order valence-corrected chi connectivity index (χ2v) is 6.66. The van der Waals surface area contributed by atoms with Crippen LogP contribution < -0.4 is 10.1 Å². The summed E-state index contributed by atoms with van der Waals surface area (Å²) in [6.45, 7) is 5.36. The maximum Gasteiger partial charge on any atom is 0.325 e. The fraction of sp³-hybridized carbons (Fsp3) is 0.474. The van der Waals surface area contributed by atoms with Gasteiger partial charge in [0.15, 0.2) is 0 Å². The minimum absolute atomic E-state index is 0.00413. The monoisotopic (exact) mass is 374 g/mol. The molecule has 1 amide bonds. The lowest BCUT2D eigenvalue weighted by Crippen LogP contribution is -2.51. The Labute approximate surface area is 158 Å². The highest BCUT2D eigenvalue weighted by atomic mass is 16.5. The third-order valence-corrected chi connectivity index (χ3v) is 4.96. The number of methoxy groups -OCH3 is 1.